The standard InChI is InChI=1S/C21H22N2O3S2/c1-4-14-10-11-16-18(12-14)28-21(23(16)13-19(24)26-5-2)22-20(25)15-8-6-7-9-17(15)27-3/h6-12H,4-5,13H2,1-3H3. The van der Waals surface area contributed by atoms with E-state index >= 15 is 0 Å². The van der Waals surface area contributed by atoms with Gasteiger partial charge in [-0.05, 0) is 49.4 Å². The normalized spacial score (nSPS) is 11.8. The van der Waals surface area contributed by atoms with E-state index in [1.807, 2.05) is 36.6 Å². The zero-order valence-electron chi connectivity index (χ0n) is 16.1. The summed E-state index contributed by atoms with van der Waals surface area (Å²) in [6.07, 6.45) is 2.84. The highest BCUT2D eigenvalue weighted by Crippen LogP contribution is 2.22. The first kappa shape index (κ1) is 20.4. The Morgan fingerprint density at radius 1 is 1.18 bits per heavy atom. The van der Waals surface area contributed by atoms with E-state index < -0.39 is 0 Å². The molecule has 0 bridgehead atoms. The van der Waals surface area contributed by atoms with Crippen LogP contribution in [0.25, 0.3) is 10.2 Å². The Kier molecular flexibility index (Phi) is 6.70. The molecule has 1 amide bonds. The number of fused-ring (bicyclic) bond motifs is 1. The molecule has 0 spiro atoms. The number of thioether (sulfide) groups is 1. The fraction of sp³-hybridized carbons (Fsp3) is 0.286. The second-order valence-corrected chi connectivity index (χ2v) is 7.91. The zero-order valence-corrected chi connectivity index (χ0v) is 17.7. The van der Waals surface area contributed by atoms with Crippen molar-refractivity contribution in [3.63, 3.8) is 0 Å². The number of aromatic nitrogens is 1. The number of carbonyl (C=O) groups is 2. The first-order chi connectivity index (χ1) is 13.6. The number of carbonyl (C=O) groups excluding carboxylic acids is 2. The van der Waals surface area contributed by atoms with Gasteiger partial charge in [0.1, 0.15) is 6.54 Å². The minimum atomic E-state index is -0.347. The molecular formula is C21H22N2O3S2. The molecule has 0 atom stereocenters. The van der Waals surface area contributed by atoms with Crippen molar-refractivity contribution < 1.29 is 14.3 Å². The molecular weight excluding hydrogens is 392 g/mol. The van der Waals surface area contributed by atoms with E-state index in [-0.39, 0.29) is 18.4 Å². The minimum absolute atomic E-state index is 0.0234. The largest absolute Gasteiger partial charge is 0.465 e. The SMILES string of the molecule is CCOC(=O)Cn1c(=NC(=O)c2ccccc2SC)sc2cc(CC)ccc21. The first-order valence-electron chi connectivity index (χ1n) is 9.07. The van der Waals surface area contributed by atoms with E-state index in [4.69, 9.17) is 4.74 Å². The van der Waals surface area contributed by atoms with E-state index in [2.05, 4.69) is 18.0 Å². The molecule has 0 radical (unpaired) electrons. The lowest BCUT2D eigenvalue weighted by Gasteiger charge is -2.06. The summed E-state index contributed by atoms with van der Waals surface area (Å²) in [6.45, 7) is 4.20. The van der Waals surface area contributed by atoms with Crippen LogP contribution in [0, 0.1) is 0 Å². The average Bonchev–Trinajstić information content (AvgIpc) is 3.04. The number of benzene rings is 2. The number of ether oxygens (including phenoxy) is 1. The molecule has 2 aromatic carbocycles. The van der Waals surface area contributed by atoms with Gasteiger partial charge in [-0.25, -0.2) is 0 Å². The zero-order chi connectivity index (χ0) is 20.1. The Balaban J connectivity index is 2.13. The molecule has 7 heteroatoms. The highest BCUT2D eigenvalue weighted by Gasteiger charge is 2.14. The van der Waals surface area contributed by atoms with Gasteiger partial charge >= 0.3 is 5.97 Å². The smallest absolute Gasteiger partial charge is 0.326 e. The van der Waals surface area contributed by atoms with Crippen LogP contribution in [0.3, 0.4) is 0 Å². The predicted octanol–water partition coefficient (Wildman–Crippen LogP) is 4.29. The van der Waals surface area contributed by atoms with Crippen molar-refractivity contribution in [1.29, 1.82) is 0 Å². The van der Waals surface area contributed by atoms with Gasteiger partial charge in [-0.2, -0.15) is 4.99 Å². The third kappa shape index (κ3) is 4.36. The van der Waals surface area contributed by atoms with Crippen molar-refractivity contribution >= 4 is 45.2 Å². The van der Waals surface area contributed by atoms with Crippen molar-refractivity contribution in [2.75, 3.05) is 12.9 Å². The average molecular weight is 415 g/mol. The number of thiazole rings is 1. The van der Waals surface area contributed by atoms with Crippen LogP contribution >= 0.6 is 23.1 Å². The van der Waals surface area contributed by atoms with Gasteiger partial charge < -0.3 is 9.30 Å². The number of nitrogens with zero attached hydrogens (tertiary/aromatic N) is 2. The third-order valence-electron chi connectivity index (χ3n) is 4.28. The fourth-order valence-electron chi connectivity index (χ4n) is 2.88. The molecule has 0 saturated heterocycles. The maximum absolute atomic E-state index is 12.9. The van der Waals surface area contributed by atoms with E-state index in [1.54, 1.807) is 17.6 Å². The van der Waals surface area contributed by atoms with Crippen molar-refractivity contribution in [2.24, 2.45) is 4.99 Å². The summed E-state index contributed by atoms with van der Waals surface area (Å²) in [5.41, 5.74) is 2.63. The molecule has 0 unspecified atom stereocenters. The molecule has 0 N–H and O–H groups in total. The van der Waals surface area contributed by atoms with Gasteiger partial charge in [-0.15, -0.1) is 11.8 Å². The summed E-state index contributed by atoms with van der Waals surface area (Å²) in [4.78, 5) is 30.7. The Hall–Kier alpha value is -2.38. The van der Waals surface area contributed by atoms with Gasteiger partial charge in [-0.1, -0.05) is 36.5 Å². The van der Waals surface area contributed by atoms with Crippen LogP contribution in [-0.4, -0.2) is 29.3 Å². The number of aryl methyl sites for hydroxylation is 1. The van der Waals surface area contributed by atoms with Gasteiger partial charge in [0.05, 0.1) is 22.4 Å². The van der Waals surface area contributed by atoms with Crippen LogP contribution in [0.4, 0.5) is 0 Å². The molecule has 0 saturated carbocycles. The lowest BCUT2D eigenvalue weighted by molar-refractivity contribution is -0.143. The van der Waals surface area contributed by atoms with Crippen LogP contribution in [0.5, 0.6) is 0 Å². The molecule has 146 valence electrons. The maximum atomic E-state index is 12.9. The van der Waals surface area contributed by atoms with Gasteiger partial charge in [-0.3, -0.25) is 9.59 Å². The first-order valence-corrected chi connectivity index (χ1v) is 11.1. The molecule has 5 nitrogen and oxygen atoms in total. The molecule has 0 aliphatic heterocycles. The Labute approximate surface area is 172 Å². The summed E-state index contributed by atoms with van der Waals surface area (Å²) >= 11 is 2.92. The van der Waals surface area contributed by atoms with Crippen LogP contribution in [-0.2, 0) is 22.5 Å². The molecule has 3 rings (SSSR count). The molecule has 0 fully saturated rings. The molecule has 0 aliphatic rings. The second-order valence-electron chi connectivity index (χ2n) is 6.05. The molecule has 3 aromatic rings. The highest BCUT2D eigenvalue weighted by molar-refractivity contribution is 7.98. The Morgan fingerprint density at radius 3 is 2.68 bits per heavy atom. The van der Waals surface area contributed by atoms with Crippen molar-refractivity contribution in [3.8, 4) is 0 Å². The molecule has 1 aromatic heterocycles. The van der Waals surface area contributed by atoms with Crippen LogP contribution in [0.1, 0.15) is 29.8 Å². The lowest BCUT2D eigenvalue weighted by atomic mass is 10.2. The van der Waals surface area contributed by atoms with Crippen molar-refractivity contribution in [2.45, 2.75) is 31.7 Å². The predicted molar refractivity (Wildman–Crippen MR) is 114 cm³/mol. The quantitative estimate of drug-likeness (QED) is 0.446. The van der Waals surface area contributed by atoms with Crippen LogP contribution in [0.15, 0.2) is 52.4 Å². The van der Waals surface area contributed by atoms with E-state index in [0.29, 0.717) is 17.0 Å². The summed E-state index contributed by atoms with van der Waals surface area (Å²) in [6, 6.07) is 13.5. The topological polar surface area (TPSA) is 60.7 Å². The molecule has 28 heavy (non-hydrogen) atoms. The lowest BCUT2D eigenvalue weighted by Crippen LogP contribution is -2.23. The Bertz CT molecular complexity index is 1080. The van der Waals surface area contributed by atoms with Gasteiger partial charge in [0, 0.05) is 4.90 Å². The maximum Gasteiger partial charge on any atom is 0.326 e. The number of hydrogen-bond acceptors (Lipinski definition) is 5. The van der Waals surface area contributed by atoms with E-state index in [9.17, 15) is 9.59 Å². The van der Waals surface area contributed by atoms with Gasteiger partial charge in [0.2, 0.25) is 0 Å². The van der Waals surface area contributed by atoms with E-state index in [0.717, 1.165) is 21.5 Å². The monoisotopic (exact) mass is 414 g/mol. The third-order valence-corrected chi connectivity index (χ3v) is 6.12. The van der Waals surface area contributed by atoms with Crippen LogP contribution < -0.4 is 4.80 Å². The van der Waals surface area contributed by atoms with Gasteiger partial charge in [0.25, 0.3) is 5.91 Å². The number of amides is 1. The summed E-state index contributed by atoms with van der Waals surface area (Å²) in [5.74, 6) is -0.662. The molecule has 0 aliphatic carbocycles. The fourth-order valence-corrected chi connectivity index (χ4v) is 4.56. The number of rotatable bonds is 6. The summed E-state index contributed by atoms with van der Waals surface area (Å²) in [7, 11) is 0. The Morgan fingerprint density at radius 2 is 1.96 bits per heavy atom. The van der Waals surface area contributed by atoms with Gasteiger partial charge in [0.15, 0.2) is 4.80 Å². The van der Waals surface area contributed by atoms with Crippen LogP contribution in [0.2, 0.25) is 0 Å². The highest BCUT2D eigenvalue weighted by atomic mass is 32.2. The summed E-state index contributed by atoms with van der Waals surface area (Å²) < 4.78 is 7.86. The van der Waals surface area contributed by atoms with Crippen molar-refractivity contribution in [3.05, 3.63) is 58.4 Å². The number of esters is 1. The minimum Gasteiger partial charge on any atom is -0.465 e. The van der Waals surface area contributed by atoms with Crippen molar-refractivity contribution in [1.82, 2.24) is 4.57 Å². The summed E-state index contributed by atoms with van der Waals surface area (Å²) in [5, 5.41) is 0. The number of hydrogen-bond donors (Lipinski definition) is 0. The molecule has 1 heterocycles. The van der Waals surface area contributed by atoms with E-state index in [1.165, 1.54) is 28.7 Å². The second kappa shape index (κ2) is 9.21.